The van der Waals surface area contributed by atoms with Crippen molar-refractivity contribution in [3.05, 3.63) is 71.8 Å². The third-order valence-electron chi connectivity index (χ3n) is 5.40. The summed E-state index contributed by atoms with van der Waals surface area (Å²) in [6.45, 7) is 4.00. The van der Waals surface area contributed by atoms with Crippen molar-refractivity contribution in [1.82, 2.24) is 0 Å². The van der Waals surface area contributed by atoms with Crippen LogP contribution in [0.4, 0.5) is 0 Å². The van der Waals surface area contributed by atoms with E-state index in [2.05, 4.69) is 0 Å². The van der Waals surface area contributed by atoms with Gasteiger partial charge in [0.15, 0.2) is 12.1 Å². The van der Waals surface area contributed by atoms with Crippen LogP contribution in [0, 0.1) is 0 Å². The molecule has 0 unspecified atom stereocenters. The Morgan fingerprint density at radius 3 is 2.09 bits per heavy atom. The largest absolute Gasteiger partial charge is 0.374 e. The SMILES string of the molecule is CC1(C)O[C@H]2O[C@@](COCc3ccccc3)(CS(=O)(=O)Cl)[C@@H](OCc3ccccc3)[C@H]2O1. The van der Waals surface area contributed by atoms with Gasteiger partial charge in [-0.05, 0) is 25.0 Å². The van der Waals surface area contributed by atoms with Crippen molar-refractivity contribution in [1.29, 1.82) is 0 Å². The quantitative estimate of drug-likeness (QED) is 0.505. The van der Waals surface area contributed by atoms with E-state index in [0.29, 0.717) is 0 Å². The van der Waals surface area contributed by atoms with E-state index in [4.69, 9.17) is 34.4 Å². The summed E-state index contributed by atoms with van der Waals surface area (Å²) < 4.78 is 54.6. The van der Waals surface area contributed by atoms with Gasteiger partial charge in [-0.2, -0.15) is 0 Å². The molecule has 2 aromatic carbocycles. The summed E-state index contributed by atoms with van der Waals surface area (Å²) in [4.78, 5) is 0. The van der Waals surface area contributed by atoms with Crippen LogP contribution in [0.15, 0.2) is 60.7 Å². The fourth-order valence-corrected chi connectivity index (χ4v) is 5.59. The lowest BCUT2D eigenvalue weighted by molar-refractivity contribution is -0.249. The molecule has 0 aromatic heterocycles. The van der Waals surface area contributed by atoms with Gasteiger partial charge < -0.3 is 23.7 Å². The lowest BCUT2D eigenvalue weighted by Gasteiger charge is -2.35. The molecule has 174 valence electrons. The molecule has 2 aromatic rings. The van der Waals surface area contributed by atoms with Crippen molar-refractivity contribution in [2.75, 3.05) is 12.4 Å². The van der Waals surface area contributed by atoms with Gasteiger partial charge in [-0.25, -0.2) is 8.42 Å². The maximum absolute atomic E-state index is 12.2. The fraction of sp³-hybridized carbons (Fsp3) is 0.478. The van der Waals surface area contributed by atoms with Crippen LogP contribution < -0.4 is 0 Å². The van der Waals surface area contributed by atoms with Crippen molar-refractivity contribution in [3.8, 4) is 0 Å². The zero-order chi connectivity index (χ0) is 22.8. The molecule has 9 heteroatoms. The van der Waals surface area contributed by atoms with Gasteiger partial charge in [-0.1, -0.05) is 60.7 Å². The molecule has 0 saturated carbocycles. The molecule has 0 amide bonds. The zero-order valence-corrected chi connectivity index (χ0v) is 19.6. The maximum atomic E-state index is 12.2. The van der Waals surface area contributed by atoms with Crippen molar-refractivity contribution in [3.63, 3.8) is 0 Å². The number of halogens is 1. The molecule has 7 nitrogen and oxygen atoms in total. The van der Waals surface area contributed by atoms with Gasteiger partial charge >= 0.3 is 0 Å². The predicted octanol–water partition coefficient (Wildman–Crippen LogP) is 3.60. The Hall–Kier alpha value is -1.52. The first-order chi connectivity index (χ1) is 15.2. The molecule has 0 spiro atoms. The van der Waals surface area contributed by atoms with Gasteiger partial charge in [0.1, 0.15) is 17.8 Å². The summed E-state index contributed by atoms with van der Waals surface area (Å²) in [6, 6.07) is 19.2. The Balaban J connectivity index is 1.58. The molecule has 0 aliphatic carbocycles. The van der Waals surface area contributed by atoms with E-state index in [0.717, 1.165) is 11.1 Å². The first-order valence-electron chi connectivity index (χ1n) is 10.4. The van der Waals surface area contributed by atoms with Crippen LogP contribution in [-0.4, -0.2) is 50.7 Å². The summed E-state index contributed by atoms with van der Waals surface area (Å²) in [5.74, 6) is -1.39. The highest BCUT2D eigenvalue weighted by Gasteiger charge is 2.64. The second-order valence-electron chi connectivity index (χ2n) is 8.53. The average Bonchev–Trinajstić information content (AvgIpc) is 3.15. The summed E-state index contributed by atoms with van der Waals surface area (Å²) in [6.07, 6.45) is -2.21. The van der Waals surface area contributed by atoms with Gasteiger partial charge in [-0.15, -0.1) is 0 Å². The topological polar surface area (TPSA) is 80.3 Å². The average molecular weight is 483 g/mol. The van der Waals surface area contributed by atoms with E-state index in [1.165, 1.54) is 0 Å². The van der Waals surface area contributed by atoms with Crippen LogP contribution in [0.1, 0.15) is 25.0 Å². The van der Waals surface area contributed by atoms with Crippen LogP contribution >= 0.6 is 10.7 Å². The number of fused-ring (bicyclic) bond motifs is 1. The molecule has 2 aliphatic heterocycles. The Morgan fingerprint density at radius 1 is 0.906 bits per heavy atom. The van der Waals surface area contributed by atoms with Crippen LogP contribution in [0.25, 0.3) is 0 Å². The fourth-order valence-electron chi connectivity index (χ4n) is 4.14. The zero-order valence-electron chi connectivity index (χ0n) is 18.0. The second-order valence-corrected chi connectivity index (χ2v) is 11.3. The molecule has 4 rings (SSSR count). The third kappa shape index (κ3) is 5.69. The highest BCUT2D eigenvalue weighted by atomic mass is 35.7. The molecule has 32 heavy (non-hydrogen) atoms. The van der Waals surface area contributed by atoms with E-state index in [-0.39, 0.29) is 19.8 Å². The number of hydrogen-bond acceptors (Lipinski definition) is 7. The number of rotatable bonds is 9. The Labute approximate surface area is 192 Å². The van der Waals surface area contributed by atoms with Crippen LogP contribution in [0.2, 0.25) is 0 Å². The molecule has 0 N–H and O–H groups in total. The first-order valence-corrected chi connectivity index (χ1v) is 12.9. The normalized spacial score (nSPS) is 29.2. The van der Waals surface area contributed by atoms with Gasteiger partial charge in [0.05, 0.1) is 25.6 Å². The van der Waals surface area contributed by atoms with Gasteiger partial charge in [0.2, 0.25) is 9.05 Å². The maximum Gasteiger partial charge on any atom is 0.235 e. The van der Waals surface area contributed by atoms with E-state index in [1.807, 2.05) is 60.7 Å². The monoisotopic (exact) mass is 482 g/mol. The molecule has 2 fully saturated rings. The molecule has 2 saturated heterocycles. The number of hydrogen-bond donors (Lipinski definition) is 0. The van der Waals surface area contributed by atoms with Crippen LogP contribution in [0.3, 0.4) is 0 Å². The minimum atomic E-state index is -3.96. The molecular formula is C23H27ClO7S. The summed E-state index contributed by atoms with van der Waals surface area (Å²) in [5.41, 5.74) is 0.489. The van der Waals surface area contributed by atoms with Gasteiger partial charge in [0, 0.05) is 10.7 Å². The molecule has 4 atom stereocenters. The number of ether oxygens (including phenoxy) is 5. The standard InChI is InChI=1S/C23H27ClO7S/c1-22(2)29-19-20(28-14-18-11-7-4-8-12-18)23(16-32(24,25)26,31-21(19)30-22)15-27-13-17-9-5-3-6-10-17/h3-12,19-21H,13-16H2,1-2H3/t19-,20+,21+,23+/m1/s1. The predicted molar refractivity (Wildman–Crippen MR) is 118 cm³/mol. The molecule has 0 bridgehead atoms. The summed E-state index contributed by atoms with van der Waals surface area (Å²) in [7, 11) is 1.73. The van der Waals surface area contributed by atoms with Crippen molar-refractivity contribution < 1.29 is 32.1 Å². The number of benzene rings is 2. The second kappa shape index (κ2) is 9.38. The van der Waals surface area contributed by atoms with Crippen LogP contribution in [0.5, 0.6) is 0 Å². The first kappa shape index (κ1) is 23.6. The summed E-state index contributed by atoms with van der Waals surface area (Å²) >= 11 is 0. The van der Waals surface area contributed by atoms with E-state index in [1.54, 1.807) is 13.8 Å². The third-order valence-corrected chi connectivity index (χ3v) is 6.56. The van der Waals surface area contributed by atoms with E-state index in [9.17, 15) is 8.42 Å². The Bertz CT molecular complexity index is 1000. The minimum Gasteiger partial charge on any atom is -0.374 e. The molecule has 0 radical (unpaired) electrons. The summed E-state index contributed by atoms with van der Waals surface area (Å²) in [5, 5.41) is 0. The highest BCUT2D eigenvalue weighted by Crippen LogP contribution is 2.45. The van der Waals surface area contributed by atoms with Crippen molar-refractivity contribution in [2.45, 2.75) is 56.9 Å². The van der Waals surface area contributed by atoms with E-state index >= 15 is 0 Å². The van der Waals surface area contributed by atoms with Crippen molar-refractivity contribution in [2.24, 2.45) is 0 Å². The molecule has 2 heterocycles. The lowest BCUT2D eigenvalue weighted by Crippen LogP contribution is -2.53. The van der Waals surface area contributed by atoms with Crippen molar-refractivity contribution >= 4 is 19.7 Å². The Kier molecular flexibility index (Phi) is 6.93. The van der Waals surface area contributed by atoms with E-state index < -0.39 is 44.7 Å². The molecular weight excluding hydrogens is 456 g/mol. The van der Waals surface area contributed by atoms with Gasteiger partial charge in [0.25, 0.3) is 0 Å². The molecule has 2 aliphatic rings. The highest BCUT2D eigenvalue weighted by molar-refractivity contribution is 8.13. The Morgan fingerprint density at radius 2 is 1.50 bits per heavy atom. The van der Waals surface area contributed by atoms with Gasteiger partial charge in [-0.3, -0.25) is 0 Å². The smallest absolute Gasteiger partial charge is 0.235 e. The minimum absolute atomic E-state index is 0.0621. The van der Waals surface area contributed by atoms with Crippen LogP contribution in [-0.2, 0) is 45.9 Å². The lowest BCUT2D eigenvalue weighted by atomic mass is 9.97.